The highest BCUT2D eigenvalue weighted by Crippen LogP contribution is 2.58. The summed E-state index contributed by atoms with van der Waals surface area (Å²) in [6, 6.07) is 7.23. The lowest BCUT2D eigenvalue weighted by atomic mass is 9.77. The van der Waals surface area contributed by atoms with Crippen molar-refractivity contribution in [1.29, 1.82) is 0 Å². The SMILES string of the molecule is O=C1OC2(c3cc(F)c(OS(=O)(=O)O)cc3Oc3cc(OS(=O)(=O)O)c(F)cc32)c2ccc(Br)cc21. The van der Waals surface area contributed by atoms with Crippen molar-refractivity contribution in [2.24, 2.45) is 0 Å². The second kappa shape index (κ2) is 7.84. The van der Waals surface area contributed by atoms with E-state index in [1.54, 1.807) is 0 Å². The van der Waals surface area contributed by atoms with E-state index in [9.17, 15) is 30.4 Å². The Labute approximate surface area is 209 Å². The summed E-state index contributed by atoms with van der Waals surface area (Å²) in [6.45, 7) is 0. The topological polar surface area (TPSA) is 163 Å². The molecular weight excluding hydrogens is 598 g/mol. The van der Waals surface area contributed by atoms with Crippen molar-refractivity contribution in [3.05, 3.63) is 80.8 Å². The first-order valence-corrected chi connectivity index (χ1v) is 12.9. The van der Waals surface area contributed by atoms with Crippen molar-refractivity contribution in [2.75, 3.05) is 0 Å². The van der Waals surface area contributed by atoms with E-state index in [2.05, 4.69) is 24.3 Å². The van der Waals surface area contributed by atoms with E-state index in [1.807, 2.05) is 0 Å². The third-order valence-corrected chi connectivity index (χ3v) is 6.54. The minimum Gasteiger partial charge on any atom is -0.456 e. The summed E-state index contributed by atoms with van der Waals surface area (Å²) in [5.41, 5.74) is -2.35. The zero-order chi connectivity index (χ0) is 26.2. The molecule has 0 saturated carbocycles. The Morgan fingerprint density at radius 2 is 1.31 bits per heavy atom. The maximum absolute atomic E-state index is 14.9. The van der Waals surface area contributed by atoms with Crippen molar-refractivity contribution in [2.45, 2.75) is 5.60 Å². The van der Waals surface area contributed by atoms with E-state index >= 15 is 0 Å². The first-order valence-electron chi connectivity index (χ1n) is 9.41. The Morgan fingerprint density at radius 1 is 0.806 bits per heavy atom. The fourth-order valence-corrected chi connectivity index (χ4v) is 5.12. The molecule has 0 fully saturated rings. The standard InChI is InChI=1S/C20H9BrF2O11S2/c21-8-1-2-10-9(3-8)19(24)32-20(10)11-4-13(22)17(33-35(25,26)27)6-15(11)31-16-7-18(34-36(28,29)30)14(23)5-12(16)20/h1-7H,(H,25,26,27)(H,28,29,30). The van der Waals surface area contributed by atoms with Gasteiger partial charge in [0.05, 0.1) is 16.7 Å². The minimum atomic E-state index is -5.16. The Balaban J connectivity index is 1.83. The number of ether oxygens (including phenoxy) is 2. The number of carbonyl (C=O) groups is 1. The Morgan fingerprint density at radius 3 is 1.78 bits per heavy atom. The van der Waals surface area contributed by atoms with Gasteiger partial charge in [-0.05, 0) is 24.3 Å². The van der Waals surface area contributed by atoms with Gasteiger partial charge in [0.15, 0.2) is 28.7 Å². The normalized spacial score (nSPS) is 15.4. The van der Waals surface area contributed by atoms with Gasteiger partial charge in [0.25, 0.3) is 0 Å². The fraction of sp³-hybridized carbons (Fsp3) is 0.0500. The van der Waals surface area contributed by atoms with E-state index in [-0.39, 0.29) is 33.8 Å². The van der Waals surface area contributed by atoms with Crippen LogP contribution in [0, 0.1) is 11.6 Å². The molecule has 2 aliphatic rings. The van der Waals surface area contributed by atoms with Crippen LogP contribution in [0.2, 0.25) is 0 Å². The highest BCUT2D eigenvalue weighted by Gasteiger charge is 2.54. The lowest BCUT2D eigenvalue weighted by Gasteiger charge is -2.36. The molecule has 11 nitrogen and oxygen atoms in total. The molecule has 0 aromatic heterocycles. The zero-order valence-electron chi connectivity index (χ0n) is 17.1. The molecule has 3 aromatic carbocycles. The first-order chi connectivity index (χ1) is 16.7. The predicted molar refractivity (Wildman–Crippen MR) is 117 cm³/mol. The van der Waals surface area contributed by atoms with E-state index in [4.69, 9.17) is 18.6 Å². The average Bonchev–Trinajstić information content (AvgIpc) is 3.01. The van der Waals surface area contributed by atoms with Crippen molar-refractivity contribution in [1.82, 2.24) is 0 Å². The second-order valence-electron chi connectivity index (χ2n) is 7.44. The molecule has 2 aliphatic heterocycles. The van der Waals surface area contributed by atoms with Gasteiger partial charge in [-0.25, -0.2) is 13.6 Å². The van der Waals surface area contributed by atoms with Gasteiger partial charge in [-0.15, -0.1) is 0 Å². The summed E-state index contributed by atoms with van der Waals surface area (Å²) in [7, 11) is -10.3. The minimum absolute atomic E-state index is 0.0144. The van der Waals surface area contributed by atoms with Gasteiger partial charge in [-0.2, -0.15) is 16.8 Å². The second-order valence-corrected chi connectivity index (χ2v) is 10.4. The highest BCUT2D eigenvalue weighted by atomic mass is 79.9. The molecular formula is C20H9BrF2O11S2. The van der Waals surface area contributed by atoms with Crippen LogP contribution in [0.25, 0.3) is 0 Å². The maximum atomic E-state index is 14.9. The van der Waals surface area contributed by atoms with Crippen LogP contribution >= 0.6 is 15.9 Å². The van der Waals surface area contributed by atoms with Crippen LogP contribution in [-0.2, 0) is 31.1 Å². The molecule has 3 aromatic rings. The molecule has 0 aliphatic carbocycles. The van der Waals surface area contributed by atoms with E-state index in [1.165, 1.54) is 18.2 Å². The Hall–Kier alpha value is -3.31. The van der Waals surface area contributed by atoms with Crippen molar-refractivity contribution in [3.8, 4) is 23.0 Å². The number of benzene rings is 3. The van der Waals surface area contributed by atoms with Crippen LogP contribution < -0.4 is 13.1 Å². The molecule has 0 saturated heterocycles. The molecule has 0 radical (unpaired) electrons. The monoisotopic (exact) mass is 606 g/mol. The van der Waals surface area contributed by atoms with Crippen LogP contribution in [0.5, 0.6) is 23.0 Å². The van der Waals surface area contributed by atoms with Gasteiger partial charge in [0.1, 0.15) is 11.5 Å². The summed E-state index contributed by atoms with van der Waals surface area (Å²) in [5, 5.41) is 0. The number of rotatable bonds is 4. The molecule has 5 rings (SSSR count). The Kier molecular flexibility index (Phi) is 5.31. The van der Waals surface area contributed by atoms with Gasteiger partial charge in [0.2, 0.25) is 0 Å². The molecule has 0 amide bonds. The number of fused-ring (bicyclic) bond motifs is 6. The molecule has 2 heterocycles. The quantitative estimate of drug-likeness (QED) is 0.329. The largest absolute Gasteiger partial charge is 0.456 e. The summed E-state index contributed by atoms with van der Waals surface area (Å²) in [4.78, 5) is 12.8. The summed E-state index contributed by atoms with van der Waals surface area (Å²) < 4.78 is 112. The van der Waals surface area contributed by atoms with E-state index in [0.29, 0.717) is 16.6 Å². The van der Waals surface area contributed by atoms with Crippen LogP contribution in [0.4, 0.5) is 8.78 Å². The smallest absolute Gasteiger partial charge is 0.446 e. The van der Waals surface area contributed by atoms with Crippen LogP contribution in [-0.4, -0.2) is 31.9 Å². The van der Waals surface area contributed by atoms with Crippen LogP contribution in [0.15, 0.2) is 46.9 Å². The zero-order valence-corrected chi connectivity index (χ0v) is 20.3. The van der Waals surface area contributed by atoms with Gasteiger partial charge in [-0.1, -0.05) is 22.0 Å². The first kappa shape index (κ1) is 24.4. The molecule has 2 N–H and O–H groups in total. The number of carbonyl (C=O) groups excluding carboxylic acids is 1. The van der Waals surface area contributed by atoms with Crippen LogP contribution in [0.3, 0.4) is 0 Å². The third-order valence-electron chi connectivity index (χ3n) is 5.26. The highest BCUT2D eigenvalue weighted by molar-refractivity contribution is 9.10. The summed E-state index contributed by atoms with van der Waals surface area (Å²) >= 11 is 3.22. The average molecular weight is 607 g/mol. The van der Waals surface area contributed by atoms with Gasteiger partial charge >= 0.3 is 26.8 Å². The fourth-order valence-electron chi connectivity index (χ4n) is 4.05. The summed E-state index contributed by atoms with van der Waals surface area (Å²) in [5.74, 6) is -6.23. The molecule has 0 bridgehead atoms. The molecule has 16 heteroatoms. The lowest BCUT2D eigenvalue weighted by Crippen LogP contribution is -2.33. The Bertz CT molecular complexity index is 1620. The van der Waals surface area contributed by atoms with Gasteiger partial charge < -0.3 is 17.8 Å². The number of hydrogen-bond donors (Lipinski definition) is 2. The predicted octanol–water partition coefficient (Wildman–Crippen LogP) is 3.66. The third kappa shape index (κ3) is 3.96. The van der Waals surface area contributed by atoms with Crippen molar-refractivity contribution < 1.29 is 57.4 Å². The molecule has 1 spiro atoms. The van der Waals surface area contributed by atoms with Crippen molar-refractivity contribution >= 4 is 42.7 Å². The number of hydrogen-bond acceptors (Lipinski definition) is 9. The van der Waals surface area contributed by atoms with Crippen molar-refractivity contribution in [3.63, 3.8) is 0 Å². The molecule has 188 valence electrons. The molecule has 36 heavy (non-hydrogen) atoms. The van der Waals surface area contributed by atoms with Crippen LogP contribution in [0.1, 0.15) is 27.0 Å². The summed E-state index contributed by atoms with van der Waals surface area (Å²) in [6.07, 6.45) is 0. The molecule has 0 atom stereocenters. The van der Waals surface area contributed by atoms with E-state index < -0.39 is 55.5 Å². The lowest BCUT2D eigenvalue weighted by molar-refractivity contribution is 0.0222. The number of esters is 1. The van der Waals surface area contributed by atoms with Gasteiger partial charge in [-0.3, -0.25) is 9.11 Å². The van der Waals surface area contributed by atoms with E-state index in [0.717, 1.165) is 12.1 Å². The number of halogens is 3. The van der Waals surface area contributed by atoms with Gasteiger partial charge in [0, 0.05) is 22.2 Å². The maximum Gasteiger partial charge on any atom is 0.446 e. The molecule has 0 unspecified atom stereocenters.